The van der Waals surface area contributed by atoms with Gasteiger partial charge in [0.25, 0.3) is 0 Å². The van der Waals surface area contributed by atoms with Crippen LogP contribution in [0.3, 0.4) is 0 Å². The molecule has 238 valence electrons. The number of hydrogen-bond donors (Lipinski definition) is 2. The molecule has 0 radical (unpaired) electrons. The number of fused-ring (bicyclic) bond motifs is 1. The molecule has 1 aliphatic rings. The lowest BCUT2D eigenvalue weighted by atomic mass is 9.95. The summed E-state index contributed by atoms with van der Waals surface area (Å²) in [6.45, 7) is 7.10. The maximum absolute atomic E-state index is 13.8. The number of unbranched alkanes of at least 4 members (excludes halogenated alkanes) is 4. The molecular weight excluding hydrogens is 560 g/mol. The number of amides is 2. The Labute approximate surface area is 267 Å². The monoisotopic (exact) mass is 608 g/mol. The third-order valence-corrected chi connectivity index (χ3v) is 9.10. The highest BCUT2D eigenvalue weighted by Crippen LogP contribution is 2.32. The lowest BCUT2D eigenvalue weighted by Gasteiger charge is -2.28. The predicted octanol–water partition coefficient (Wildman–Crippen LogP) is 9.47. The molecule has 0 atom stereocenters. The first-order valence-corrected chi connectivity index (χ1v) is 16.9. The lowest BCUT2D eigenvalue weighted by molar-refractivity contribution is 0.0697. The molecule has 2 N–H and O–H groups in total. The van der Waals surface area contributed by atoms with Crippen molar-refractivity contribution >= 4 is 28.7 Å². The Morgan fingerprint density at radius 3 is 2.42 bits per heavy atom. The van der Waals surface area contributed by atoms with Gasteiger partial charge in [0.2, 0.25) is 0 Å². The zero-order valence-electron chi connectivity index (χ0n) is 27.1. The van der Waals surface area contributed by atoms with Gasteiger partial charge in [0, 0.05) is 30.4 Å². The number of benzene rings is 3. The third kappa shape index (κ3) is 7.58. The van der Waals surface area contributed by atoms with Crippen molar-refractivity contribution in [1.29, 1.82) is 0 Å². The van der Waals surface area contributed by atoms with Crippen LogP contribution >= 0.6 is 0 Å². The highest BCUT2D eigenvalue weighted by molar-refractivity contribution is 5.97. The van der Waals surface area contributed by atoms with E-state index >= 15 is 0 Å². The van der Waals surface area contributed by atoms with Gasteiger partial charge >= 0.3 is 12.0 Å². The highest BCUT2D eigenvalue weighted by Gasteiger charge is 2.23. The summed E-state index contributed by atoms with van der Waals surface area (Å²) in [6, 6.07) is 19.8. The zero-order valence-corrected chi connectivity index (χ0v) is 27.1. The van der Waals surface area contributed by atoms with Crippen molar-refractivity contribution in [3.05, 3.63) is 77.6 Å². The second-order valence-electron chi connectivity index (χ2n) is 12.5. The van der Waals surface area contributed by atoms with Crippen LogP contribution in [-0.2, 0) is 6.42 Å². The number of carbonyl (C=O) groups is 2. The maximum atomic E-state index is 13.8. The molecule has 0 saturated heterocycles. The third-order valence-electron chi connectivity index (χ3n) is 9.10. The molecule has 1 saturated carbocycles. The van der Waals surface area contributed by atoms with Crippen molar-refractivity contribution in [1.82, 2.24) is 14.9 Å². The summed E-state index contributed by atoms with van der Waals surface area (Å²) < 4.78 is 2.22. The normalized spacial score (nSPS) is 13.7. The molecule has 7 nitrogen and oxygen atoms in total. The fraction of sp³-hybridized carbons (Fsp3) is 0.447. The molecule has 0 spiro atoms. The summed E-state index contributed by atoms with van der Waals surface area (Å²) in [5.41, 5.74) is 6.64. The molecule has 0 aliphatic heterocycles. The minimum absolute atomic E-state index is 0.00712. The number of imidazole rings is 1. The van der Waals surface area contributed by atoms with Crippen LogP contribution in [0.2, 0.25) is 0 Å². The molecule has 7 heteroatoms. The molecule has 3 aromatic carbocycles. The van der Waals surface area contributed by atoms with Crippen LogP contribution in [0.1, 0.15) is 106 Å². The van der Waals surface area contributed by atoms with E-state index in [4.69, 9.17) is 4.98 Å². The van der Waals surface area contributed by atoms with Crippen molar-refractivity contribution in [2.45, 2.75) is 104 Å². The van der Waals surface area contributed by atoms with Gasteiger partial charge in [-0.3, -0.25) is 9.47 Å². The minimum atomic E-state index is -0.934. The molecule has 1 aromatic heterocycles. The van der Waals surface area contributed by atoms with Crippen molar-refractivity contribution < 1.29 is 14.7 Å². The van der Waals surface area contributed by atoms with Crippen LogP contribution in [-0.4, -0.2) is 39.2 Å². The molecule has 45 heavy (non-hydrogen) atoms. The number of aryl methyl sites for hydroxylation is 2. The van der Waals surface area contributed by atoms with E-state index in [1.54, 1.807) is 12.1 Å². The van der Waals surface area contributed by atoms with E-state index in [-0.39, 0.29) is 12.1 Å². The summed E-state index contributed by atoms with van der Waals surface area (Å²) in [6.07, 6.45) is 13.0. The van der Waals surface area contributed by atoms with E-state index in [1.807, 2.05) is 42.2 Å². The van der Waals surface area contributed by atoms with Crippen molar-refractivity contribution in [3.63, 3.8) is 0 Å². The molecule has 1 heterocycles. The number of carbonyl (C=O) groups excluding carboxylic acids is 1. The van der Waals surface area contributed by atoms with Gasteiger partial charge in [0.05, 0.1) is 16.6 Å². The molecule has 1 fully saturated rings. The van der Waals surface area contributed by atoms with Crippen LogP contribution in [0.5, 0.6) is 0 Å². The van der Waals surface area contributed by atoms with Crippen LogP contribution in [0, 0.1) is 6.92 Å². The van der Waals surface area contributed by atoms with Gasteiger partial charge in [0.1, 0.15) is 5.82 Å². The molecule has 1 aliphatic carbocycles. The zero-order chi connectivity index (χ0) is 31.8. The number of carboxylic acid groups (broad SMARTS) is 1. The average Bonchev–Trinajstić information content (AvgIpc) is 3.41. The molecule has 5 rings (SSSR count). The average molecular weight is 609 g/mol. The van der Waals surface area contributed by atoms with Crippen LogP contribution in [0.25, 0.3) is 27.8 Å². The van der Waals surface area contributed by atoms with Gasteiger partial charge in [-0.25, -0.2) is 14.6 Å². The number of nitrogens with zero attached hydrogens (tertiary/aromatic N) is 3. The SMILES string of the molecule is CCCCCCN(C(=O)NC1CCCCC1)c1ccc2nc(CCCC)n(-c3ccc(-c4ccccc4C(=O)O)c(C)c3)c2c1. The number of hydrogen-bond acceptors (Lipinski definition) is 3. The highest BCUT2D eigenvalue weighted by atomic mass is 16.4. The van der Waals surface area contributed by atoms with Crippen LogP contribution in [0.15, 0.2) is 60.7 Å². The smallest absolute Gasteiger partial charge is 0.336 e. The van der Waals surface area contributed by atoms with Crippen molar-refractivity contribution in [2.75, 3.05) is 11.4 Å². The fourth-order valence-electron chi connectivity index (χ4n) is 6.61. The van der Waals surface area contributed by atoms with E-state index < -0.39 is 5.97 Å². The first kappa shape index (κ1) is 32.3. The number of aromatic nitrogens is 2. The number of urea groups is 1. The summed E-state index contributed by atoms with van der Waals surface area (Å²) in [4.78, 5) is 32.7. The van der Waals surface area contributed by atoms with E-state index in [9.17, 15) is 14.7 Å². The van der Waals surface area contributed by atoms with Crippen molar-refractivity contribution in [2.24, 2.45) is 0 Å². The van der Waals surface area contributed by atoms with Gasteiger partial charge in [-0.2, -0.15) is 0 Å². The molecule has 0 bridgehead atoms. The predicted molar refractivity (Wildman–Crippen MR) is 184 cm³/mol. The maximum Gasteiger partial charge on any atom is 0.336 e. The molecule has 4 aromatic rings. The van der Waals surface area contributed by atoms with Gasteiger partial charge in [-0.1, -0.05) is 83.1 Å². The van der Waals surface area contributed by atoms with Gasteiger partial charge in [0.15, 0.2) is 0 Å². The Kier molecular flexibility index (Phi) is 10.9. The quantitative estimate of drug-likeness (QED) is 0.148. The number of rotatable bonds is 13. The summed E-state index contributed by atoms with van der Waals surface area (Å²) in [5, 5.41) is 13.1. The Balaban J connectivity index is 1.55. The summed E-state index contributed by atoms with van der Waals surface area (Å²) >= 11 is 0. The number of carboxylic acids is 1. The Bertz CT molecular complexity index is 1620. The minimum Gasteiger partial charge on any atom is -0.478 e. The largest absolute Gasteiger partial charge is 0.478 e. The number of aromatic carboxylic acids is 1. The standard InChI is InChI=1S/C38H48N4O3/c1-4-6-8-14-24-41(38(45)39-28-15-10-9-11-16-28)29-21-23-34-35(26-29)42(36(40-34)19-7-5-2)30-20-22-31(27(3)25-30)32-17-12-13-18-33(32)37(43)44/h12-13,17-18,20-23,25-26,28H,4-11,14-16,19,24H2,1-3H3,(H,39,45)(H,43,44). The lowest BCUT2D eigenvalue weighted by Crippen LogP contribution is -2.46. The van der Waals surface area contributed by atoms with Crippen molar-refractivity contribution in [3.8, 4) is 16.8 Å². The number of anilines is 1. The summed E-state index contributed by atoms with van der Waals surface area (Å²) in [5.74, 6) is 0.0547. The topological polar surface area (TPSA) is 87.5 Å². The van der Waals surface area contributed by atoms with E-state index in [0.29, 0.717) is 17.7 Å². The Morgan fingerprint density at radius 1 is 0.911 bits per heavy atom. The Hall–Kier alpha value is -4.13. The van der Waals surface area contributed by atoms with E-state index in [0.717, 1.165) is 97.1 Å². The second-order valence-corrected chi connectivity index (χ2v) is 12.5. The summed E-state index contributed by atoms with van der Waals surface area (Å²) in [7, 11) is 0. The first-order valence-electron chi connectivity index (χ1n) is 16.9. The number of nitrogens with one attached hydrogen (secondary N) is 1. The fourth-order valence-corrected chi connectivity index (χ4v) is 6.61. The van der Waals surface area contributed by atoms with Gasteiger partial charge < -0.3 is 10.4 Å². The van der Waals surface area contributed by atoms with E-state index in [1.165, 1.54) is 19.3 Å². The van der Waals surface area contributed by atoms with Gasteiger partial charge in [-0.05, 0) is 85.7 Å². The van der Waals surface area contributed by atoms with Crippen LogP contribution in [0.4, 0.5) is 10.5 Å². The molecule has 0 unspecified atom stereocenters. The van der Waals surface area contributed by atoms with Crippen LogP contribution < -0.4 is 10.2 Å². The second kappa shape index (κ2) is 15.2. The molecular formula is C38H48N4O3. The van der Waals surface area contributed by atoms with Gasteiger partial charge in [-0.15, -0.1) is 0 Å². The molecule has 2 amide bonds. The first-order chi connectivity index (χ1) is 21.9. The Morgan fingerprint density at radius 2 is 1.69 bits per heavy atom. The van der Waals surface area contributed by atoms with E-state index in [2.05, 4.69) is 41.9 Å².